The Morgan fingerprint density at radius 2 is 2.00 bits per heavy atom. The van der Waals surface area contributed by atoms with Crippen LogP contribution in [0.15, 0.2) is 24.3 Å². The van der Waals surface area contributed by atoms with E-state index in [1.165, 1.54) is 36.7 Å². The lowest BCUT2D eigenvalue weighted by Gasteiger charge is -2.23. The number of nitrogens with two attached hydrogens (primary N) is 1. The second-order valence-corrected chi connectivity index (χ2v) is 5.44. The molecule has 1 rings (SSSR count). The van der Waals surface area contributed by atoms with Gasteiger partial charge in [0.2, 0.25) is 0 Å². The van der Waals surface area contributed by atoms with Gasteiger partial charge in [0.15, 0.2) is 0 Å². The second-order valence-electron chi connectivity index (χ2n) is 5.44. The minimum Gasteiger partial charge on any atom is -0.330 e. The molecule has 93 valence electrons. The molecule has 1 aromatic rings. The zero-order valence-corrected chi connectivity index (χ0v) is 11.5. The van der Waals surface area contributed by atoms with E-state index in [1.807, 2.05) is 0 Å². The lowest BCUT2D eigenvalue weighted by Crippen LogP contribution is -2.28. The quantitative estimate of drug-likeness (QED) is 0.563. The van der Waals surface area contributed by atoms with Crippen LogP contribution < -0.4 is 5.73 Å². The number of hydrogen-bond donors (Lipinski definition) is 1. The van der Waals surface area contributed by atoms with E-state index in [0.29, 0.717) is 6.54 Å². The smallest absolute Gasteiger partial charge is 0.105 e. The molecule has 0 bridgehead atoms. The van der Waals surface area contributed by atoms with Crippen LogP contribution in [0.2, 0.25) is 13.1 Å². The normalized spacial score (nSPS) is 11.5. The average Bonchev–Trinajstić information content (AvgIpc) is 2.35. The fourth-order valence-corrected chi connectivity index (χ4v) is 1.94. The zero-order chi connectivity index (χ0) is 12.7. The maximum Gasteiger partial charge on any atom is 0.105 e. The summed E-state index contributed by atoms with van der Waals surface area (Å²) in [7, 11) is 2.24. The van der Waals surface area contributed by atoms with Crippen molar-refractivity contribution >= 4 is 7.28 Å². The molecule has 0 atom stereocenters. The standard InChI is InChI=1S/C15H25BN/c1-15(2,12-17)14-9-6-8-13(11-14)7-4-5-10-16-3/h6,8-9,11H,4-5,7,10,12,17H2,1-3H3. The molecule has 0 unspecified atom stereocenters. The Hall–Kier alpha value is -0.755. The summed E-state index contributed by atoms with van der Waals surface area (Å²) in [6.45, 7) is 7.24. The van der Waals surface area contributed by atoms with Crippen molar-refractivity contribution < 1.29 is 0 Å². The SMILES string of the molecule is C[B]CCCCc1cccc(C(C)(C)CN)c1. The molecule has 0 aromatic heterocycles. The molecule has 2 heteroatoms. The van der Waals surface area contributed by atoms with Crippen molar-refractivity contribution in [1.82, 2.24) is 0 Å². The Labute approximate surface area is 107 Å². The van der Waals surface area contributed by atoms with Gasteiger partial charge in [-0.25, -0.2) is 0 Å². The molecule has 0 aliphatic heterocycles. The second kappa shape index (κ2) is 6.85. The van der Waals surface area contributed by atoms with E-state index in [4.69, 9.17) is 5.73 Å². The molecule has 0 spiro atoms. The molecule has 17 heavy (non-hydrogen) atoms. The van der Waals surface area contributed by atoms with Gasteiger partial charge in [0.25, 0.3) is 0 Å². The average molecular weight is 230 g/mol. The van der Waals surface area contributed by atoms with Crippen LogP contribution in [0.25, 0.3) is 0 Å². The summed E-state index contributed by atoms with van der Waals surface area (Å²) < 4.78 is 0. The Balaban J connectivity index is 2.60. The fourth-order valence-electron chi connectivity index (χ4n) is 1.94. The third kappa shape index (κ3) is 4.55. The van der Waals surface area contributed by atoms with E-state index < -0.39 is 0 Å². The first kappa shape index (κ1) is 14.3. The highest BCUT2D eigenvalue weighted by Gasteiger charge is 2.18. The zero-order valence-electron chi connectivity index (χ0n) is 11.5. The molecular weight excluding hydrogens is 205 g/mol. The first-order valence-electron chi connectivity index (χ1n) is 6.67. The molecule has 1 aromatic carbocycles. The largest absolute Gasteiger partial charge is 0.330 e. The van der Waals surface area contributed by atoms with Gasteiger partial charge in [0.05, 0.1) is 0 Å². The summed E-state index contributed by atoms with van der Waals surface area (Å²) in [6.07, 6.45) is 4.98. The van der Waals surface area contributed by atoms with Gasteiger partial charge in [0, 0.05) is 12.0 Å². The predicted molar refractivity (Wildman–Crippen MR) is 77.9 cm³/mol. The van der Waals surface area contributed by atoms with E-state index >= 15 is 0 Å². The minimum absolute atomic E-state index is 0.0905. The fraction of sp³-hybridized carbons (Fsp3) is 0.600. The first-order chi connectivity index (χ1) is 8.10. The van der Waals surface area contributed by atoms with Gasteiger partial charge in [-0.1, -0.05) is 57.7 Å². The van der Waals surface area contributed by atoms with Gasteiger partial charge in [-0.2, -0.15) is 0 Å². The molecular formula is C15H25BN. The van der Waals surface area contributed by atoms with Crippen molar-refractivity contribution in [2.75, 3.05) is 6.54 Å². The van der Waals surface area contributed by atoms with Crippen LogP contribution in [0, 0.1) is 0 Å². The summed E-state index contributed by atoms with van der Waals surface area (Å²) in [5.74, 6) is 0. The number of aryl methyl sites for hydroxylation is 1. The molecule has 0 aliphatic carbocycles. The topological polar surface area (TPSA) is 26.0 Å². The molecule has 0 amide bonds. The van der Waals surface area contributed by atoms with Gasteiger partial charge in [-0.05, 0) is 24.0 Å². The van der Waals surface area contributed by atoms with E-state index in [2.05, 4.69) is 52.2 Å². The number of hydrogen-bond acceptors (Lipinski definition) is 1. The Morgan fingerprint density at radius 1 is 1.24 bits per heavy atom. The Kier molecular flexibility index (Phi) is 5.77. The van der Waals surface area contributed by atoms with Crippen molar-refractivity contribution in [3.63, 3.8) is 0 Å². The van der Waals surface area contributed by atoms with Crippen molar-refractivity contribution in [2.45, 2.75) is 51.7 Å². The monoisotopic (exact) mass is 230 g/mol. The number of rotatable bonds is 7. The molecule has 0 saturated heterocycles. The summed E-state index contributed by atoms with van der Waals surface area (Å²) in [5, 5.41) is 0. The van der Waals surface area contributed by atoms with E-state index in [9.17, 15) is 0 Å². The van der Waals surface area contributed by atoms with Crippen LogP contribution in [0.3, 0.4) is 0 Å². The molecule has 1 nitrogen and oxygen atoms in total. The molecule has 0 saturated carbocycles. The lowest BCUT2D eigenvalue weighted by molar-refractivity contribution is 0.538. The summed E-state index contributed by atoms with van der Waals surface area (Å²) in [6, 6.07) is 8.90. The Bertz CT molecular complexity index is 333. The van der Waals surface area contributed by atoms with Gasteiger partial charge in [0.1, 0.15) is 7.28 Å². The maximum atomic E-state index is 5.82. The highest BCUT2D eigenvalue weighted by Crippen LogP contribution is 2.23. The van der Waals surface area contributed by atoms with Crippen LogP contribution in [-0.2, 0) is 11.8 Å². The first-order valence-corrected chi connectivity index (χ1v) is 6.67. The third-order valence-electron chi connectivity index (χ3n) is 3.43. The van der Waals surface area contributed by atoms with Crippen LogP contribution >= 0.6 is 0 Å². The van der Waals surface area contributed by atoms with Crippen molar-refractivity contribution in [3.8, 4) is 0 Å². The molecule has 0 fully saturated rings. The van der Waals surface area contributed by atoms with Crippen LogP contribution in [0.5, 0.6) is 0 Å². The van der Waals surface area contributed by atoms with Gasteiger partial charge in [-0.3, -0.25) is 0 Å². The van der Waals surface area contributed by atoms with Crippen LogP contribution in [-0.4, -0.2) is 13.8 Å². The summed E-state index contributed by atoms with van der Waals surface area (Å²) >= 11 is 0. The molecule has 0 aliphatic rings. The van der Waals surface area contributed by atoms with E-state index in [0.717, 1.165) is 0 Å². The maximum absolute atomic E-state index is 5.82. The van der Waals surface area contributed by atoms with Crippen molar-refractivity contribution in [3.05, 3.63) is 35.4 Å². The highest BCUT2D eigenvalue weighted by atomic mass is 14.6. The minimum atomic E-state index is 0.0905. The third-order valence-corrected chi connectivity index (χ3v) is 3.43. The molecule has 1 radical (unpaired) electrons. The van der Waals surface area contributed by atoms with E-state index in [-0.39, 0.29) is 5.41 Å². The summed E-state index contributed by atoms with van der Waals surface area (Å²) in [4.78, 5) is 0. The summed E-state index contributed by atoms with van der Waals surface area (Å²) in [5.41, 5.74) is 8.72. The van der Waals surface area contributed by atoms with Crippen LogP contribution in [0.4, 0.5) is 0 Å². The number of benzene rings is 1. The van der Waals surface area contributed by atoms with E-state index in [1.54, 1.807) is 0 Å². The number of unbranched alkanes of at least 4 members (excludes halogenated alkanes) is 1. The lowest BCUT2D eigenvalue weighted by atomic mass is 9.76. The predicted octanol–water partition coefficient (Wildman–Crippen LogP) is 3.42. The van der Waals surface area contributed by atoms with Gasteiger partial charge < -0.3 is 5.73 Å². The Morgan fingerprint density at radius 3 is 2.65 bits per heavy atom. The van der Waals surface area contributed by atoms with Gasteiger partial charge in [-0.15, -0.1) is 0 Å². The van der Waals surface area contributed by atoms with Crippen molar-refractivity contribution in [1.29, 1.82) is 0 Å². The van der Waals surface area contributed by atoms with Gasteiger partial charge >= 0.3 is 0 Å². The molecule has 0 heterocycles. The highest BCUT2D eigenvalue weighted by molar-refractivity contribution is 6.33. The van der Waals surface area contributed by atoms with Crippen LogP contribution in [0.1, 0.15) is 37.8 Å². The van der Waals surface area contributed by atoms with Crippen molar-refractivity contribution in [2.24, 2.45) is 5.73 Å². The molecule has 2 N–H and O–H groups in total.